The van der Waals surface area contributed by atoms with Crippen molar-refractivity contribution >= 4 is 29.1 Å². The van der Waals surface area contributed by atoms with E-state index >= 15 is 0 Å². The number of rotatable bonds is 8. The first-order valence-corrected chi connectivity index (χ1v) is 11.8. The normalized spacial score (nSPS) is 16.7. The van der Waals surface area contributed by atoms with Crippen LogP contribution in [-0.2, 0) is 25.5 Å². The zero-order valence-corrected chi connectivity index (χ0v) is 20.1. The minimum atomic E-state index is -0.825. The number of hydrogen-bond acceptors (Lipinski definition) is 6. The second kappa shape index (κ2) is 10.9. The van der Waals surface area contributed by atoms with Crippen LogP contribution >= 0.6 is 0 Å². The lowest BCUT2D eigenvalue weighted by Gasteiger charge is -2.25. The van der Waals surface area contributed by atoms with Crippen molar-refractivity contribution in [2.24, 2.45) is 0 Å². The second-order valence-corrected chi connectivity index (χ2v) is 8.19. The molecule has 36 heavy (non-hydrogen) atoms. The van der Waals surface area contributed by atoms with Crippen molar-refractivity contribution in [1.29, 1.82) is 0 Å². The van der Waals surface area contributed by atoms with Gasteiger partial charge in [-0.2, -0.15) is 0 Å². The van der Waals surface area contributed by atoms with Gasteiger partial charge in [0.25, 0.3) is 11.7 Å². The van der Waals surface area contributed by atoms with Gasteiger partial charge in [0.2, 0.25) is 0 Å². The number of anilines is 1. The molecule has 0 aliphatic carbocycles. The van der Waals surface area contributed by atoms with Gasteiger partial charge >= 0.3 is 5.97 Å². The fraction of sp³-hybridized carbons (Fsp3) is 0.207. The van der Waals surface area contributed by atoms with E-state index in [9.17, 15) is 19.5 Å². The van der Waals surface area contributed by atoms with Crippen LogP contribution in [0.2, 0.25) is 0 Å². The van der Waals surface area contributed by atoms with E-state index in [1.165, 1.54) is 4.90 Å². The van der Waals surface area contributed by atoms with E-state index in [0.29, 0.717) is 35.8 Å². The van der Waals surface area contributed by atoms with Gasteiger partial charge in [-0.25, -0.2) is 0 Å². The zero-order valence-electron chi connectivity index (χ0n) is 20.1. The van der Waals surface area contributed by atoms with Gasteiger partial charge in [-0.1, -0.05) is 42.5 Å². The number of carbonyl (C=O) groups excluding carboxylic acids is 3. The highest BCUT2D eigenvalue weighted by molar-refractivity contribution is 6.51. The van der Waals surface area contributed by atoms with E-state index in [-0.39, 0.29) is 23.7 Å². The number of Topliss-reactive ketones (excluding diaryl/α,β-unsaturated/α-hetero) is 1. The molecule has 7 heteroatoms. The number of amides is 1. The standard InChI is InChI=1S/C29H27NO6/c1-3-35-23-16-12-21(13-17-23)27(32)25-26(20-8-6-5-7-9-20)30(29(34)28(25)33)22-14-10-19(11-15-22)18-24(31)36-4-2/h5-17,26,32H,3-4,18H2,1-2H3/b27-25+. The van der Waals surface area contributed by atoms with Crippen LogP contribution in [0.15, 0.2) is 84.4 Å². The van der Waals surface area contributed by atoms with Crippen molar-refractivity contribution in [3.05, 3.63) is 101 Å². The van der Waals surface area contributed by atoms with Crippen LogP contribution in [0.4, 0.5) is 5.69 Å². The molecule has 1 N–H and O–H groups in total. The van der Waals surface area contributed by atoms with Gasteiger partial charge in [0.05, 0.1) is 31.2 Å². The number of nitrogens with zero attached hydrogens (tertiary/aromatic N) is 1. The minimum Gasteiger partial charge on any atom is -0.507 e. The largest absolute Gasteiger partial charge is 0.507 e. The molecule has 0 radical (unpaired) electrons. The van der Waals surface area contributed by atoms with Crippen molar-refractivity contribution in [3.8, 4) is 5.75 Å². The molecule has 1 unspecified atom stereocenters. The highest BCUT2D eigenvalue weighted by Gasteiger charge is 2.46. The molecule has 1 fully saturated rings. The maximum atomic E-state index is 13.3. The number of ketones is 1. The fourth-order valence-electron chi connectivity index (χ4n) is 4.23. The van der Waals surface area contributed by atoms with E-state index in [2.05, 4.69) is 0 Å². The monoisotopic (exact) mass is 485 g/mol. The molecule has 0 bridgehead atoms. The second-order valence-electron chi connectivity index (χ2n) is 8.19. The predicted octanol–water partition coefficient (Wildman–Crippen LogP) is 4.82. The molecule has 7 nitrogen and oxygen atoms in total. The molecule has 0 spiro atoms. The molecule has 1 heterocycles. The lowest BCUT2D eigenvalue weighted by atomic mass is 9.95. The summed E-state index contributed by atoms with van der Waals surface area (Å²) in [6.07, 6.45) is 0.104. The van der Waals surface area contributed by atoms with E-state index in [1.54, 1.807) is 55.5 Å². The van der Waals surface area contributed by atoms with Gasteiger partial charge in [0, 0.05) is 11.3 Å². The molecular formula is C29H27NO6. The van der Waals surface area contributed by atoms with Crippen LogP contribution in [0.5, 0.6) is 5.75 Å². The molecule has 1 atom stereocenters. The Morgan fingerprint density at radius 3 is 2.17 bits per heavy atom. The molecule has 0 saturated carbocycles. The summed E-state index contributed by atoms with van der Waals surface area (Å²) in [6.45, 7) is 4.42. The number of ether oxygens (including phenoxy) is 2. The maximum Gasteiger partial charge on any atom is 0.310 e. The van der Waals surface area contributed by atoms with Crippen molar-refractivity contribution in [2.75, 3.05) is 18.1 Å². The summed E-state index contributed by atoms with van der Waals surface area (Å²) in [7, 11) is 0. The summed E-state index contributed by atoms with van der Waals surface area (Å²) in [4.78, 5) is 39.7. The molecule has 1 aliphatic heterocycles. The average Bonchev–Trinajstić information content (AvgIpc) is 3.16. The summed E-state index contributed by atoms with van der Waals surface area (Å²) >= 11 is 0. The molecule has 1 amide bonds. The van der Waals surface area contributed by atoms with Crippen LogP contribution in [0.3, 0.4) is 0 Å². The summed E-state index contributed by atoms with van der Waals surface area (Å²) in [6, 6.07) is 21.8. The molecule has 4 rings (SSSR count). The molecule has 184 valence electrons. The highest BCUT2D eigenvalue weighted by atomic mass is 16.5. The first-order chi connectivity index (χ1) is 17.4. The van der Waals surface area contributed by atoms with Crippen LogP contribution in [-0.4, -0.2) is 36.0 Å². The van der Waals surface area contributed by atoms with Gasteiger partial charge in [0.15, 0.2) is 0 Å². The van der Waals surface area contributed by atoms with Crippen molar-refractivity contribution in [3.63, 3.8) is 0 Å². The van der Waals surface area contributed by atoms with Crippen molar-refractivity contribution in [2.45, 2.75) is 26.3 Å². The molecular weight excluding hydrogens is 458 g/mol. The first-order valence-electron chi connectivity index (χ1n) is 11.8. The Labute approximate surface area is 209 Å². The topological polar surface area (TPSA) is 93.1 Å². The smallest absolute Gasteiger partial charge is 0.310 e. The number of aliphatic hydroxyl groups is 1. The van der Waals surface area contributed by atoms with Crippen LogP contribution in [0.1, 0.15) is 36.6 Å². The van der Waals surface area contributed by atoms with Crippen molar-refractivity contribution in [1.82, 2.24) is 0 Å². The number of hydrogen-bond donors (Lipinski definition) is 1. The zero-order chi connectivity index (χ0) is 25.7. The number of benzene rings is 3. The van der Waals surface area contributed by atoms with Gasteiger partial charge in [-0.05, 0) is 61.4 Å². The number of aliphatic hydroxyl groups excluding tert-OH is 1. The van der Waals surface area contributed by atoms with Crippen molar-refractivity contribution < 1.29 is 29.0 Å². The fourth-order valence-corrected chi connectivity index (χ4v) is 4.23. The van der Waals surface area contributed by atoms with Crippen LogP contribution < -0.4 is 9.64 Å². The van der Waals surface area contributed by atoms with Crippen LogP contribution in [0.25, 0.3) is 5.76 Å². The Morgan fingerprint density at radius 2 is 1.56 bits per heavy atom. The number of esters is 1. The van der Waals surface area contributed by atoms with Gasteiger partial charge in [0.1, 0.15) is 11.5 Å². The van der Waals surface area contributed by atoms with E-state index in [1.807, 2.05) is 37.3 Å². The highest BCUT2D eigenvalue weighted by Crippen LogP contribution is 2.42. The molecule has 3 aromatic rings. The quantitative estimate of drug-likeness (QED) is 0.213. The Balaban J connectivity index is 1.76. The Kier molecular flexibility index (Phi) is 7.49. The molecule has 1 saturated heterocycles. The van der Waals surface area contributed by atoms with Gasteiger partial charge < -0.3 is 14.6 Å². The third-order valence-electron chi connectivity index (χ3n) is 5.87. The minimum absolute atomic E-state index is 0.00552. The number of carbonyl (C=O) groups is 3. The summed E-state index contributed by atoms with van der Waals surface area (Å²) in [5.41, 5.74) is 2.29. The SMILES string of the molecule is CCOC(=O)Cc1ccc(N2C(=O)C(=O)/C(=C(/O)c3ccc(OCC)cc3)C2c2ccccc2)cc1. The predicted molar refractivity (Wildman–Crippen MR) is 136 cm³/mol. The molecule has 3 aromatic carbocycles. The summed E-state index contributed by atoms with van der Waals surface area (Å²) < 4.78 is 10.5. The Morgan fingerprint density at radius 1 is 0.889 bits per heavy atom. The van der Waals surface area contributed by atoms with E-state index in [0.717, 1.165) is 5.56 Å². The Hall–Kier alpha value is -4.39. The Bertz CT molecular complexity index is 1280. The summed E-state index contributed by atoms with van der Waals surface area (Å²) in [5, 5.41) is 11.2. The van der Waals surface area contributed by atoms with Crippen LogP contribution in [0, 0.1) is 0 Å². The lowest BCUT2D eigenvalue weighted by Crippen LogP contribution is -2.29. The third kappa shape index (κ3) is 5.00. The lowest BCUT2D eigenvalue weighted by molar-refractivity contribution is -0.142. The molecule has 1 aliphatic rings. The summed E-state index contributed by atoms with van der Waals surface area (Å²) in [5.74, 6) is -1.48. The third-order valence-corrected chi connectivity index (χ3v) is 5.87. The van der Waals surface area contributed by atoms with Gasteiger partial charge in [-0.15, -0.1) is 0 Å². The first kappa shape index (κ1) is 24.7. The maximum absolute atomic E-state index is 13.3. The average molecular weight is 486 g/mol. The van der Waals surface area contributed by atoms with E-state index in [4.69, 9.17) is 9.47 Å². The van der Waals surface area contributed by atoms with Gasteiger partial charge in [-0.3, -0.25) is 19.3 Å². The van der Waals surface area contributed by atoms with E-state index < -0.39 is 17.7 Å². The molecule has 0 aromatic heterocycles.